The van der Waals surface area contributed by atoms with E-state index in [1.165, 1.54) is 23.7 Å². The molecule has 8 nitrogen and oxygen atoms in total. The first-order chi connectivity index (χ1) is 15.2. The molecule has 4 aromatic rings. The SMILES string of the molecule is Cc1nc2c(cc1F)c(-c1nnc3c(n1)NC(=O)C3(C)C)nn2Cc1cccc(Cl)c1F. The summed E-state index contributed by atoms with van der Waals surface area (Å²) in [6.07, 6.45) is 0. The molecule has 0 spiro atoms. The number of rotatable bonds is 3. The highest BCUT2D eigenvalue weighted by Gasteiger charge is 2.42. The Kier molecular flexibility index (Phi) is 4.45. The van der Waals surface area contributed by atoms with E-state index in [0.717, 1.165) is 0 Å². The van der Waals surface area contributed by atoms with Gasteiger partial charge in [-0.1, -0.05) is 23.7 Å². The Morgan fingerprint density at radius 3 is 2.75 bits per heavy atom. The zero-order valence-electron chi connectivity index (χ0n) is 17.2. The maximum absolute atomic E-state index is 14.5. The van der Waals surface area contributed by atoms with Crippen LogP contribution in [0.4, 0.5) is 14.6 Å². The molecule has 1 aromatic carbocycles. The van der Waals surface area contributed by atoms with Gasteiger partial charge < -0.3 is 5.32 Å². The number of halogens is 3. The third-order valence-corrected chi connectivity index (χ3v) is 5.79. The molecule has 162 valence electrons. The van der Waals surface area contributed by atoms with E-state index in [0.29, 0.717) is 22.3 Å². The number of carbonyl (C=O) groups is 1. The highest BCUT2D eigenvalue weighted by atomic mass is 35.5. The van der Waals surface area contributed by atoms with Crippen LogP contribution in [0.15, 0.2) is 24.3 Å². The molecule has 0 atom stereocenters. The Bertz CT molecular complexity index is 1430. The minimum absolute atomic E-state index is 0.00308. The van der Waals surface area contributed by atoms with E-state index >= 15 is 0 Å². The average molecular weight is 456 g/mol. The van der Waals surface area contributed by atoms with Crippen molar-refractivity contribution in [2.45, 2.75) is 32.7 Å². The predicted octanol–water partition coefficient (Wildman–Crippen LogP) is 3.80. The van der Waals surface area contributed by atoms with Gasteiger partial charge in [0.25, 0.3) is 0 Å². The van der Waals surface area contributed by atoms with Crippen LogP contribution >= 0.6 is 11.6 Å². The Balaban J connectivity index is 1.68. The number of fused-ring (bicyclic) bond motifs is 2. The normalized spacial score (nSPS) is 14.6. The molecule has 1 N–H and O–H groups in total. The van der Waals surface area contributed by atoms with Gasteiger partial charge in [0.2, 0.25) is 11.7 Å². The lowest BCUT2D eigenvalue weighted by atomic mass is 9.91. The molecule has 0 unspecified atom stereocenters. The van der Waals surface area contributed by atoms with Gasteiger partial charge in [0.05, 0.1) is 28.1 Å². The van der Waals surface area contributed by atoms with Crippen molar-refractivity contribution >= 4 is 34.4 Å². The van der Waals surface area contributed by atoms with Crippen LogP contribution in [0.25, 0.3) is 22.6 Å². The zero-order chi connectivity index (χ0) is 22.8. The second-order valence-electron chi connectivity index (χ2n) is 8.06. The molecule has 0 aliphatic carbocycles. The molecule has 1 aliphatic rings. The fourth-order valence-electron chi connectivity index (χ4n) is 3.57. The van der Waals surface area contributed by atoms with Crippen molar-refractivity contribution in [1.29, 1.82) is 0 Å². The third kappa shape index (κ3) is 3.01. The minimum Gasteiger partial charge on any atom is -0.308 e. The van der Waals surface area contributed by atoms with Gasteiger partial charge in [-0.3, -0.25) is 4.79 Å². The summed E-state index contributed by atoms with van der Waals surface area (Å²) in [5, 5.41) is 15.8. The molecular weight excluding hydrogens is 440 g/mol. The summed E-state index contributed by atoms with van der Waals surface area (Å²) in [7, 11) is 0. The third-order valence-electron chi connectivity index (χ3n) is 5.49. The lowest BCUT2D eigenvalue weighted by Gasteiger charge is -2.11. The van der Waals surface area contributed by atoms with E-state index in [-0.39, 0.29) is 40.5 Å². The van der Waals surface area contributed by atoms with Gasteiger partial charge in [-0.05, 0) is 32.9 Å². The van der Waals surface area contributed by atoms with Gasteiger partial charge in [0.1, 0.15) is 23.0 Å². The summed E-state index contributed by atoms with van der Waals surface area (Å²) >= 11 is 5.90. The van der Waals surface area contributed by atoms with E-state index < -0.39 is 17.0 Å². The zero-order valence-corrected chi connectivity index (χ0v) is 18.0. The van der Waals surface area contributed by atoms with Crippen LogP contribution in [0.5, 0.6) is 0 Å². The number of aromatic nitrogens is 6. The Morgan fingerprint density at radius 2 is 1.97 bits per heavy atom. The van der Waals surface area contributed by atoms with E-state index in [9.17, 15) is 13.6 Å². The van der Waals surface area contributed by atoms with Crippen molar-refractivity contribution < 1.29 is 13.6 Å². The maximum Gasteiger partial charge on any atom is 0.237 e. The topological polar surface area (TPSA) is 98.5 Å². The van der Waals surface area contributed by atoms with Gasteiger partial charge >= 0.3 is 0 Å². The molecule has 0 bridgehead atoms. The molecule has 3 aromatic heterocycles. The van der Waals surface area contributed by atoms with Crippen LogP contribution in [-0.2, 0) is 16.8 Å². The predicted molar refractivity (Wildman–Crippen MR) is 113 cm³/mol. The number of nitrogens with one attached hydrogen (secondary N) is 1. The monoisotopic (exact) mass is 455 g/mol. The highest BCUT2D eigenvalue weighted by Crippen LogP contribution is 2.35. The van der Waals surface area contributed by atoms with Crippen LogP contribution in [0.2, 0.25) is 5.02 Å². The number of hydrogen-bond acceptors (Lipinski definition) is 6. The fraction of sp³-hybridized carbons (Fsp3) is 0.238. The van der Waals surface area contributed by atoms with Crippen LogP contribution in [0.3, 0.4) is 0 Å². The van der Waals surface area contributed by atoms with Crippen LogP contribution in [0.1, 0.15) is 30.8 Å². The largest absolute Gasteiger partial charge is 0.308 e. The number of pyridine rings is 1. The van der Waals surface area contributed by atoms with E-state index in [1.54, 1.807) is 26.0 Å². The maximum atomic E-state index is 14.5. The average Bonchev–Trinajstić information content (AvgIpc) is 3.19. The molecule has 0 saturated carbocycles. The summed E-state index contributed by atoms with van der Waals surface area (Å²) < 4.78 is 30.3. The molecule has 11 heteroatoms. The Labute approximate surface area is 185 Å². The second-order valence-corrected chi connectivity index (χ2v) is 8.46. The summed E-state index contributed by atoms with van der Waals surface area (Å²) in [6, 6.07) is 5.94. The van der Waals surface area contributed by atoms with Crippen molar-refractivity contribution in [1.82, 2.24) is 29.9 Å². The van der Waals surface area contributed by atoms with Crippen molar-refractivity contribution in [2.75, 3.05) is 5.32 Å². The van der Waals surface area contributed by atoms with Gasteiger partial charge in [-0.15, -0.1) is 10.2 Å². The van der Waals surface area contributed by atoms with Gasteiger partial charge in [-0.2, -0.15) is 5.10 Å². The molecule has 0 fully saturated rings. The molecule has 4 heterocycles. The van der Waals surface area contributed by atoms with E-state index in [4.69, 9.17) is 11.6 Å². The van der Waals surface area contributed by atoms with Crippen LogP contribution < -0.4 is 5.32 Å². The fourth-order valence-corrected chi connectivity index (χ4v) is 3.77. The number of nitrogens with zero attached hydrogens (tertiary/aromatic N) is 6. The first-order valence-electron chi connectivity index (χ1n) is 9.70. The van der Waals surface area contributed by atoms with Crippen LogP contribution in [0, 0.1) is 18.6 Å². The van der Waals surface area contributed by atoms with E-state index in [2.05, 4.69) is 30.6 Å². The standard InChI is InChI=1S/C21H16ClF2N7O/c1-9-13(23)7-11-15(17-26-18-16(28-29-17)21(2,3)20(32)27-18)30-31(19(11)25-9)8-10-5-4-6-12(22)14(10)24/h4-7H,8H2,1-3H3,(H,26,27,29,32). The van der Waals surface area contributed by atoms with Crippen molar-refractivity contribution in [3.63, 3.8) is 0 Å². The van der Waals surface area contributed by atoms with Crippen molar-refractivity contribution in [3.8, 4) is 11.5 Å². The first-order valence-corrected chi connectivity index (χ1v) is 10.1. The Hall–Kier alpha value is -3.53. The van der Waals surface area contributed by atoms with E-state index in [1.807, 2.05) is 0 Å². The lowest BCUT2D eigenvalue weighted by molar-refractivity contribution is -0.119. The van der Waals surface area contributed by atoms with Gasteiger partial charge in [-0.25, -0.2) is 23.4 Å². The lowest BCUT2D eigenvalue weighted by Crippen LogP contribution is -2.27. The number of hydrogen-bond donors (Lipinski definition) is 1. The number of carbonyl (C=O) groups excluding carboxylic acids is 1. The molecule has 0 radical (unpaired) electrons. The molecule has 5 rings (SSSR count). The highest BCUT2D eigenvalue weighted by molar-refractivity contribution is 6.30. The number of anilines is 1. The minimum atomic E-state index is -0.871. The smallest absolute Gasteiger partial charge is 0.237 e. The number of aryl methyl sites for hydroxylation is 1. The quantitative estimate of drug-likeness (QED) is 0.504. The second kappa shape index (κ2) is 6.99. The summed E-state index contributed by atoms with van der Waals surface area (Å²) in [5.74, 6) is -0.993. The first kappa shape index (κ1) is 20.4. The Morgan fingerprint density at radius 1 is 1.19 bits per heavy atom. The molecule has 32 heavy (non-hydrogen) atoms. The van der Waals surface area contributed by atoms with Crippen molar-refractivity contribution in [2.24, 2.45) is 0 Å². The molecule has 1 aliphatic heterocycles. The molecular formula is C21H16ClF2N7O. The summed E-state index contributed by atoms with van der Waals surface area (Å²) in [5.41, 5.74) is 0.536. The van der Waals surface area contributed by atoms with Crippen LogP contribution in [-0.4, -0.2) is 35.9 Å². The molecule has 0 saturated heterocycles. The van der Waals surface area contributed by atoms with Crippen molar-refractivity contribution in [3.05, 3.63) is 57.9 Å². The van der Waals surface area contributed by atoms with Gasteiger partial charge in [0, 0.05) is 5.56 Å². The number of benzene rings is 1. The summed E-state index contributed by atoms with van der Waals surface area (Å²) in [6.45, 7) is 4.96. The number of amides is 1. The summed E-state index contributed by atoms with van der Waals surface area (Å²) in [4.78, 5) is 20.9. The van der Waals surface area contributed by atoms with Gasteiger partial charge in [0.15, 0.2) is 11.5 Å². The molecule has 1 amide bonds.